The molecule has 1 atom stereocenters. The molecule has 0 aromatic heterocycles. The predicted molar refractivity (Wildman–Crippen MR) is 92.6 cm³/mol. The number of hydrogen-bond donors (Lipinski definition) is 1. The Bertz CT molecular complexity index is 511. The van der Waals surface area contributed by atoms with Gasteiger partial charge in [0.2, 0.25) is 0 Å². The van der Waals surface area contributed by atoms with Crippen molar-refractivity contribution >= 4 is 6.09 Å². The molecule has 1 aromatic rings. The topological polar surface area (TPSA) is 53.0 Å². The van der Waals surface area contributed by atoms with E-state index in [4.69, 9.17) is 4.74 Å². The molecule has 1 unspecified atom stereocenters. The summed E-state index contributed by atoms with van der Waals surface area (Å²) in [5.41, 5.74) is 1.01. The van der Waals surface area contributed by atoms with Crippen LogP contribution in [-0.4, -0.2) is 59.8 Å². The van der Waals surface area contributed by atoms with Crippen molar-refractivity contribution in [2.75, 3.05) is 32.7 Å². The van der Waals surface area contributed by atoms with Crippen molar-refractivity contribution in [3.63, 3.8) is 0 Å². The van der Waals surface area contributed by atoms with Crippen molar-refractivity contribution in [1.82, 2.24) is 9.80 Å². The second-order valence-corrected chi connectivity index (χ2v) is 6.92. The van der Waals surface area contributed by atoms with E-state index in [-0.39, 0.29) is 12.2 Å². The van der Waals surface area contributed by atoms with Gasteiger partial charge in [-0.1, -0.05) is 36.8 Å². The van der Waals surface area contributed by atoms with Crippen molar-refractivity contribution in [3.8, 4) is 0 Å². The molecule has 24 heavy (non-hydrogen) atoms. The largest absolute Gasteiger partial charge is 0.445 e. The maximum atomic E-state index is 12.1. The zero-order valence-electron chi connectivity index (χ0n) is 14.3. The molecular formula is C19H28N2O3. The molecule has 1 aliphatic carbocycles. The van der Waals surface area contributed by atoms with Gasteiger partial charge in [-0.25, -0.2) is 4.79 Å². The molecule has 0 bridgehead atoms. The molecule has 2 fully saturated rings. The van der Waals surface area contributed by atoms with Crippen molar-refractivity contribution in [1.29, 1.82) is 0 Å². The number of benzene rings is 1. The fourth-order valence-electron chi connectivity index (χ4n) is 3.34. The first-order chi connectivity index (χ1) is 11.7. The van der Waals surface area contributed by atoms with Crippen molar-refractivity contribution < 1.29 is 14.6 Å². The summed E-state index contributed by atoms with van der Waals surface area (Å²) in [4.78, 5) is 16.2. The Balaban J connectivity index is 1.33. The number of amides is 1. The summed E-state index contributed by atoms with van der Waals surface area (Å²) in [6, 6.07) is 9.75. The Labute approximate surface area is 144 Å². The van der Waals surface area contributed by atoms with Gasteiger partial charge < -0.3 is 14.7 Å². The van der Waals surface area contributed by atoms with E-state index in [1.165, 1.54) is 19.3 Å². The van der Waals surface area contributed by atoms with Crippen LogP contribution in [0.2, 0.25) is 0 Å². The van der Waals surface area contributed by atoms with E-state index in [1.54, 1.807) is 4.90 Å². The molecule has 1 saturated heterocycles. The third-order valence-corrected chi connectivity index (χ3v) is 5.27. The van der Waals surface area contributed by atoms with Crippen LogP contribution in [0.3, 0.4) is 0 Å². The molecule has 1 aromatic carbocycles. The highest BCUT2D eigenvalue weighted by Crippen LogP contribution is 2.30. The number of nitrogens with zero attached hydrogens (tertiary/aromatic N) is 2. The Kier molecular flexibility index (Phi) is 6.10. The number of aliphatic hydroxyl groups is 1. The van der Waals surface area contributed by atoms with Gasteiger partial charge in [0.05, 0.1) is 6.10 Å². The molecule has 0 radical (unpaired) electrons. The second kappa shape index (κ2) is 8.49. The maximum absolute atomic E-state index is 12.1. The summed E-state index contributed by atoms with van der Waals surface area (Å²) in [5, 5.41) is 10.1. The average molecular weight is 332 g/mol. The van der Waals surface area contributed by atoms with Crippen LogP contribution in [0.25, 0.3) is 0 Å². The molecule has 5 nitrogen and oxygen atoms in total. The normalized spacial score (nSPS) is 20.5. The lowest BCUT2D eigenvalue weighted by Gasteiger charge is -2.36. The van der Waals surface area contributed by atoms with Crippen LogP contribution in [0.1, 0.15) is 31.2 Å². The summed E-state index contributed by atoms with van der Waals surface area (Å²) >= 11 is 0. The van der Waals surface area contributed by atoms with E-state index in [0.29, 0.717) is 25.6 Å². The van der Waals surface area contributed by atoms with Crippen LogP contribution in [0.5, 0.6) is 0 Å². The first kappa shape index (κ1) is 17.2. The summed E-state index contributed by atoms with van der Waals surface area (Å²) < 4.78 is 5.38. The number of piperazine rings is 1. The molecule has 2 aliphatic rings. The predicted octanol–water partition coefficient (Wildman–Crippen LogP) is 2.49. The van der Waals surface area contributed by atoms with Crippen LogP contribution >= 0.6 is 0 Å². The quantitative estimate of drug-likeness (QED) is 0.870. The molecule has 5 heteroatoms. The van der Waals surface area contributed by atoms with Crippen LogP contribution in [-0.2, 0) is 11.3 Å². The van der Waals surface area contributed by atoms with Gasteiger partial charge in [0.25, 0.3) is 0 Å². The molecule has 1 amide bonds. The minimum Gasteiger partial charge on any atom is -0.445 e. The zero-order chi connectivity index (χ0) is 16.8. The molecule has 1 aliphatic heterocycles. The van der Waals surface area contributed by atoms with Gasteiger partial charge in [-0.2, -0.15) is 0 Å². The van der Waals surface area contributed by atoms with Gasteiger partial charge in [0.1, 0.15) is 6.61 Å². The standard InChI is InChI=1S/C19H28N2O3/c22-18(17-7-4-8-17)9-10-20-11-13-21(14-12-20)19(23)24-15-16-5-2-1-3-6-16/h1-3,5-6,17-18,22H,4,7-15H2. The van der Waals surface area contributed by atoms with Crippen molar-refractivity contribution in [3.05, 3.63) is 35.9 Å². The van der Waals surface area contributed by atoms with E-state index in [0.717, 1.165) is 31.6 Å². The fraction of sp³-hybridized carbons (Fsp3) is 0.632. The number of hydrogen-bond acceptors (Lipinski definition) is 4. The summed E-state index contributed by atoms with van der Waals surface area (Å²) in [5.74, 6) is 0.527. The fourth-order valence-corrected chi connectivity index (χ4v) is 3.34. The highest BCUT2D eigenvalue weighted by atomic mass is 16.6. The monoisotopic (exact) mass is 332 g/mol. The molecule has 132 valence electrons. The third-order valence-electron chi connectivity index (χ3n) is 5.27. The Morgan fingerprint density at radius 3 is 2.50 bits per heavy atom. The van der Waals surface area contributed by atoms with Crippen molar-refractivity contribution in [2.45, 2.75) is 38.4 Å². The zero-order valence-corrected chi connectivity index (χ0v) is 14.3. The smallest absolute Gasteiger partial charge is 0.410 e. The number of carbonyl (C=O) groups excluding carboxylic acids is 1. The first-order valence-electron chi connectivity index (χ1n) is 9.08. The van der Waals surface area contributed by atoms with E-state index < -0.39 is 0 Å². The highest BCUT2D eigenvalue weighted by Gasteiger charge is 2.27. The van der Waals surface area contributed by atoms with Gasteiger partial charge >= 0.3 is 6.09 Å². The minimum atomic E-state index is -0.229. The Morgan fingerprint density at radius 1 is 1.17 bits per heavy atom. The maximum Gasteiger partial charge on any atom is 0.410 e. The first-order valence-corrected chi connectivity index (χ1v) is 9.08. The van der Waals surface area contributed by atoms with Crippen LogP contribution < -0.4 is 0 Å². The highest BCUT2D eigenvalue weighted by molar-refractivity contribution is 5.67. The van der Waals surface area contributed by atoms with E-state index in [9.17, 15) is 9.90 Å². The number of carbonyl (C=O) groups is 1. The van der Waals surface area contributed by atoms with Crippen LogP contribution in [0.15, 0.2) is 30.3 Å². The molecule has 1 saturated carbocycles. The average Bonchev–Trinajstić information content (AvgIpc) is 2.58. The molecule has 1 heterocycles. The summed E-state index contributed by atoms with van der Waals surface area (Å²) in [6.07, 6.45) is 4.11. The Hall–Kier alpha value is -1.59. The number of aliphatic hydroxyl groups excluding tert-OH is 1. The van der Waals surface area contributed by atoms with Gasteiger partial charge in [0.15, 0.2) is 0 Å². The molecule has 0 spiro atoms. The van der Waals surface area contributed by atoms with Crippen LogP contribution in [0, 0.1) is 5.92 Å². The second-order valence-electron chi connectivity index (χ2n) is 6.92. The minimum absolute atomic E-state index is 0.146. The summed E-state index contributed by atoms with van der Waals surface area (Å²) in [7, 11) is 0. The van der Waals surface area contributed by atoms with Gasteiger partial charge in [-0.3, -0.25) is 4.90 Å². The van der Waals surface area contributed by atoms with Gasteiger partial charge in [-0.15, -0.1) is 0 Å². The van der Waals surface area contributed by atoms with Crippen LogP contribution in [0.4, 0.5) is 4.79 Å². The molecule has 1 N–H and O–H groups in total. The van der Waals surface area contributed by atoms with E-state index >= 15 is 0 Å². The number of rotatable bonds is 6. The van der Waals surface area contributed by atoms with Gasteiger partial charge in [-0.05, 0) is 30.7 Å². The Morgan fingerprint density at radius 2 is 1.88 bits per heavy atom. The van der Waals surface area contributed by atoms with Crippen molar-refractivity contribution in [2.24, 2.45) is 5.92 Å². The summed E-state index contributed by atoms with van der Waals surface area (Å²) in [6.45, 7) is 4.37. The third kappa shape index (κ3) is 4.71. The molecule has 3 rings (SSSR count). The van der Waals surface area contributed by atoms with E-state index in [1.807, 2.05) is 30.3 Å². The molecular weight excluding hydrogens is 304 g/mol. The van der Waals surface area contributed by atoms with Gasteiger partial charge in [0, 0.05) is 32.7 Å². The number of ether oxygens (including phenoxy) is 1. The lowest BCUT2D eigenvalue weighted by atomic mass is 9.80. The lowest BCUT2D eigenvalue weighted by molar-refractivity contribution is 0.0364. The van der Waals surface area contributed by atoms with E-state index in [2.05, 4.69) is 4.90 Å². The lowest BCUT2D eigenvalue weighted by Crippen LogP contribution is -2.49. The SMILES string of the molecule is O=C(OCc1ccccc1)N1CCN(CCC(O)C2CCC2)CC1.